The van der Waals surface area contributed by atoms with E-state index in [1.165, 1.54) is 12.1 Å². The minimum absolute atomic E-state index is 0.0239. The van der Waals surface area contributed by atoms with Gasteiger partial charge in [0.25, 0.3) is 11.4 Å². The largest absolute Gasteiger partial charge is 0.481 e. The van der Waals surface area contributed by atoms with Crippen LogP contribution >= 0.6 is 0 Å². The first-order valence-electron chi connectivity index (χ1n) is 15.6. The molecule has 0 aliphatic rings. The summed E-state index contributed by atoms with van der Waals surface area (Å²) in [6.07, 6.45) is 0.433. The highest BCUT2D eigenvalue weighted by Crippen LogP contribution is 2.28. The van der Waals surface area contributed by atoms with Crippen LogP contribution < -0.4 is 10.6 Å². The molecular formula is C29H48N4O15. The van der Waals surface area contributed by atoms with Gasteiger partial charge < -0.3 is 53.6 Å². The summed E-state index contributed by atoms with van der Waals surface area (Å²) in [5, 5.41) is 35.9. The molecule has 0 bridgehead atoms. The smallest absolute Gasteiger partial charge is 0.303 e. The van der Waals surface area contributed by atoms with Crippen molar-refractivity contribution in [1.82, 2.24) is 5.32 Å². The fraction of sp³-hybridized carbons (Fsp3) is 0.724. The molecule has 19 heteroatoms. The number of carbonyl (C=O) groups is 2. The molecular weight excluding hydrogens is 644 g/mol. The van der Waals surface area contributed by atoms with Crippen molar-refractivity contribution in [1.29, 1.82) is 0 Å². The second kappa shape index (κ2) is 29.6. The Labute approximate surface area is 278 Å². The van der Waals surface area contributed by atoms with Gasteiger partial charge in [-0.05, 0) is 12.5 Å². The summed E-state index contributed by atoms with van der Waals surface area (Å²) in [5.41, 5.74) is -0.549. The van der Waals surface area contributed by atoms with E-state index in [0.717, 1.165) is 6.07 Å². The minimum atomic E-state index is -0.995. The average molecular weight is 693 g/mol. The normalized spacial score (nSPS) is 11.0. The molecule has 0 atom stereocenters. The highest BCUT2D eigenvalue weighted by atomic mass is 16.6. The molecule has 1 aromatic rings. The van der Waals surface area contributed by atoms with Gasteiger partial charge in [-0.15, -0.1) is 0 Å². The molecule has 19 nitrogen and oxygen atoms in total. The van der Waals surface area contributed by atoms with Crippen molar-refractivity contribution in [2.75, 3.05) is 124 Å². The molecule has 48 heavy (non-hydrogen) atoms. The number of aliphatic carboxylic acids is 1. The number of nitrogens with zero attached hydrogens (tertiary/aromatic N) is 2. The lowest BCUT2D eigenvalue weighted by atomic mass is 10.2. The number of nitrogens with one attached hydrogen (secondary N) is 2. The predicted molar refractivity (Wildman–Crippen MR) is 169 cm³/mol. The molecule has 1 aromatic carbocycles. The van der Waals surface area contributed by atoms with Crippen LogP contribution in [0.15, 0.2) is 18.2 Å². The molecule has 274 valence electrons. The zero-order chi connectivity index (χ0) is 35.1. The van der Waals surface area contributed by atoms with Gasteiger partial charge in [0, 0.05) is 32.2 Å². The van der Waals surface area contributed by atoms with Crippen LogP contribution in [-0.2, 0) is 47.5 Å². The summed E-state index contributed by atoms with van der Waals surface area (Å²) in [7, 11) is 0. The number of hydrogen-bond acceptors (Lipinski definition) is 15. The molecule has 0 aliphatic carbocycles. The van der Waals surface area contributed by atoms with Gasteiger partial charge >= 0.3 is 5.97 Å². The Hall–Kier alpha value is -3.56. The van der Waals surface area contributed by atoms with Crippen LogP contribution in [0.25, 0.3) is 0 Å². The summed E-state index contributed by atoms with van der Waals surface area (Å²) in [5.74, 6) is -1.28. The van der Waals surface area contributed by atoms with Crippen LogP contribution in [-0.4, -0.2) is 146 Å². The third kappa shape index (κ3) is 24.6. The number of ether oxygens (including phenoxy) is 8. The van der Waals surface area contributed by atoms with E-state index in [4.69, 9.17) is 43.0 Å². The number of nitro groups is 2. The third-order valence-corrected chi connectivity index (χ3v) is 5.91. The molecule has 0 aliphatic heterocycles. The molecule has 0 saturated heterocycles. The molecule has 0 spiro atoms. The van der Waals surface area contributed by atoms with Crippen LogP contribution in [0.2, 0.25) is 0 Å². The Bertz CT molecular complexity index is 1030. The van der Waals surface area contributed by atoms with Gasteiger partial charge in [-0.25, -0.2) is 0 Å². The number of hydrogen-bond donors (Lipinski definition) is 3. The number of rotatable bonds is 34. The third-order valence-electron chi connectivity index (χ3n) is 5.91. The lowest BCUT2D eigenvalue weighted by Crippen LogP contribution is -2.25. The molecule has 1 rings (SSSR count). The number of carbonyl (C=O) groups excluding carboxylic acids is 1. The average Bonchev–Trinajstić information content (AvgIpc) is 3.06. The van der Waals surface area contributed by atoms with Crippen molar-refractivity contribution in [3.8, 4) is 0 Å². The first kappa shape index (κ1) is 42.5. The number of nitro benzene ring substituents is 2. The fourth-order valence-corrected chi connectivity index (χ4v) is 3.54. The van der Waals surface area contributed by atoms with E-state index in [2.05, 4.69) is 10.6 Å². The standard InChI is InChI=1S/C29H48N4O15/c34-28(4-5-29(35)36)31-6-1-8-41-10-12-43-14-16-45-18-20-47-22-23-48-21-19-46-17-15-44-13-11-42-9-7-30-26-3-2-25(32(37)38)24-27(26)33(39)40/h2-3,24,30H,1,4-23H2,(H,31,34)(H,35,36). The van der Waals surface area contributed by atoms with E-state index in [0.29, 0.717) is 112 Å². The first-order valence-corrected chi connectivity index (χ1v) is 15.6. The topological polar surface area (TPSA) is 239 Å². The van der Waals surface area contributed by atoms with Gasteiger partial charge in [0.15, 0.2) is 0 Å². The van der Waals surface area contributed by atoms with Gasteiger partial charge in [0.1, 0.15) is 5.69 Å². The molecule has 0 unspecified atom stereocenters. The summed E-state index contributed by atoms with van der Waals surface area (Å²) >= 11 is 0. The second-order valence-corrected chi connectivity index (χ2v) is 9.64. The molecule has 3 N–H and O–H groups in total. The zero-order valence-electron chi connectivity index (χ0n) is 27.1. The van der Waals surface area contributed by atoms with E-state index in [9.17, 15) is 29.8 Å². The van der Waals surface area contributed by atoms with E-state index < -0.39 is 15.8 Å². The van der Waals surface area contributed by atoms with Crippen LogP contribution in [0, 0.1) is 20.2 Å². The number of anilines is 1. The maximum Gasteiger partial charge on any atom is 0.303 e. The first-order chi connectivity index (χ1) is 23.3. The Morgan fingerprint density at radius 1 is 0.604 bits per heavy atom. The second-order valence-electron chi connectivity index (χ2n) is 9.64. The predicted octanol–water partition coefficient (Wildman–Crippen LogP) is 1.42. The van der Waals surface area contributed by atoms with Crippen LogP contribution in [0.3, 0.4) is 0 Å². The van der Waals surface area contributed by atoms with Gasteiger partial charge in [0.2, 0.25) is 5.91 Å². The van der Waals surface area contributed by atoms with Crippen LogP contribution in [0.1, 0.15) is 19.3 Å². The highest BCUT2D eigenvalue weighted by molar-refractivity contribution is 5.80. The van der Waals surface area contributed by atoms with Crippen molar-refractivity contribution >= 4 is 28.9 Å². The zero-order valence-corrected chi connectivity index (χ0v) is 27.1. The summed E-state index contributed by atoms with van der Waals surface area (Å²) in [6, 6.07) is 3.40. The van der Waals surface area contributed by atoms with Gasteiger partial charge in [-0.3, -0.25) is 29.8 Å². The maximum absolute atomic E-state index is 11.4. The number of amides is 1. The monoisotopic (exact) mass is 692 g/mol. The molecule has 0 aromatic heterocycles. The van der Waals surface area contributed by atoms with E-state index in [1.54, 1.807) is 0 Å². The molecule has 0 fully saturated rings. The van der Waals surface area contributed by atoms with Crippen molar-refractivity contribution in [3.63, 3.8) is 0 Å². The lowest BCUT2D eigenvalue weighted by molar-refractivity contribution is -0.393. The van der Waals surface area contributed by atoms with E-state index in [1.807, 2.05) is 0 Å². The molecule has 0 saturated carbocycles. The van der Waals surface area contributed by atoms with Crippen molar-refractivity contribution in [2.24, 2.45) is 0 Å². The summed E-state index contributed by atoms with van der Waals surface area (Å²) in [4.78, 5) is 42.3. The van der Waals surface area contributed by atoms with Gasteiger partial charge in [0.05, 0.1) is 121 Å². The number of carboxylic acids is 1. The Morgan fingerprint density at radius 3 is 1.46 bits per heavy atom. The fourth-order valence-electron chi connectivity index (χ4n) is 3.54. The van der Waals surface area contributed by atoms with Crippen molar-refractivity contribution in [2.45, 2.75) is 19.3 Å². The van der Waals surface area contributed by atoms with Crippen molar-refractivity contribution in [3.05, 3.63) is 38.4 Å². The molecule has 0 radical (unpaired) electrons. The Kier molecular flexibility index (Phi) is 26.2. The highest BCUT2D eigenvalue weighted by Gasteiger charge is 2.19. The van der Waals surface area contributed by atoms with Crippen LogP contribution in [0.4, 0.5) is 17.1 Å². The minimum Gasteiger partial charge on any atom is -0.481 e. The van der Waals surface area contributed by atoms with Gasteiger partial charge in [-0.1, -0.05) is 0 Å². The van der Waals surface area contributed by atoms with Crippen molar-refractivity contribution < 1.29 is 62.4 Å². The quantitative estimate of drug-likeness (QED) is 0.0526. The SMILES string of the molecule is O=C(O)CCC(=O)NCCCOCCOCCOCCOCCOCCOCCOCCOCCNc1ccc([N+](=O)[O-])cc1[N+](=O)[O-]. The number of benzene rings is 1. The molecule has 0 heterocycles. The van der Waals surface area contributed by atoms with Gasteiger partial charge in [-0.2, -0.15) is 0 Å². The number of non-ortho nitro benzene ring substituents is 1. The molecule has 1 amide bonds. The van der Waals surface area contributed by atoms with E-state index in [-0.39, 0.29) is 49.0 Å². The van der Waals surface area contributed by atoms with E-state index >= 15 is 0 Å². The maximum atomic E-state index is 11.4. The summed E-state index contributed by atoms with van der Waals surface area (Å²) < 4.78 is 43.3. The Balaban J connectivity index is 1.75. The summed E-state index contributed by atoms with van der Waals surface area (Å²) in [6.45, 7) is 7.26. The van der Waals surface area contributed by atoms with Crippen LogP contribution in [0.5, 0.6) is 0 Å². The lowest BCUT2D eigenvalue weighted by Gasteiger charge is -2.09. The Morgan fingerprint density at radius 2 is 1.04 bits per heavy atom. The number of carboxylic acid groups (broad SMARTS) is 1.